The first-order valence-electron chi connectivity index (χ1n) is 12.2. The summed E-state index contributed by atoms with van der Waals surface area (Å²) in [6, 6.07) is 13.0. The molecule has 8 nitrogen and oxygen atoms in total. The van der Waals surface area contributed by atoms with Gasteiger partial charge in [0.15, 0.2) is 0 Å². The van der Waals surface area contributed by atoms with Crippen LogP contribution in [0.5, 0.6) is 0 Å². The van der Waals surface area contributed by atoms with Crippen molar-refractivity contribution in [3.05, 3.63) is 76.1 Å². The summed E-state index contributed by atoms with van der Waals surface area (Å²) in [5, 5.41) is 12.5. The van der Waals surface area contributed by atoms with Crippen molar-refractivity contribution in [2.75, 3.05) is 16.8 Å². The molecule has 3 aromatic rings. The second-order valence-corrected chi connectivity index (χ2v) is 9.86. The zero-order chi connectivity index (χ0) is 26.3. The summed E-state index contributed by atoms with van der Waals surface area (Å²) in [6.07, 6.45) is 3.81. The molecule has 3 heterocycles. The van der Waals surface area contributed by atoms with E-state index in [-0.39, 0.29) is 29.6 Å². The number of carbonyl (C=O) groups is 2. The van der Waals surface area contributed by atoms with Crippen LogP contribution in [-0.2, 0) is 23.1 Å². The Morgan fingerprint density at radius 2 is 1.97 bits per heavy atom. The van der Waals surface area contributed by atoms with Gasteiger partial charge in [0, 0.05) is 43.3 Å². The summed E-state index contributed by atoms with van der Waals surface area (Å²) in [5.74, 6) is -0.670. The van der Waals surface area contributed by atoms with Crippen LogP contribution in [0.15, 0.2) is 53.5 Å². The van der Waals surface area contributed by atoms with Crippen LogP contribution in [0, 0.1) is 35.4 Å². The lowest BCUT2D eigenvalue weighted by Crippen LogP contribution is -2.35. The summed E-state index contributed by atoms with van der Waals surface area (Å²) in [5.41, 5.74) is 1.75. The molecule has 1 aliphatic heterocycles. The maximum absolute atomic E-state index is 14.4. The second-order valence-electron chi connectivity index (χ2n) is 9.86. The zero-order valence-electron chi connectivity index (χ0n) is 20.6. The molecule has 2 aliphatic rings. The maximum Gasteiger partial charge on any atom is 0.250 e. The topological polar surface area (TPSA) is 108 Å². The van der Waals surface area contributed by atoms with Crippen LogP contribution in [0.2, 0.25) is 0 Å². The number of benzene rings is 1. The van der Waals surface area contributed by atoms with E-state index in [4.69, 9.17) is 0 Å². The Kier molecular flexibility index (Phi) is 6.12. The Balaban J connectivity index is 1.33. The average Bonchev–Trinajstić information content (AvgIpc) is 3.63. The molecule has 1 saturated heterocycles. The molecule has 0 unspecified atom stereocenters. The number of pyridine rings is 2. The van der Waals surface area contributed by atoms with Crippen LogP contribution in [0.25, 0.3) is 11.1 Å². The predicted octanol–water partition coefficient (Wildman–Crippen LogP) is 3.73. The third-order valence-electron chi connectivity index (χ3n) is 7.09. The van der Waals surface area contributed by atoms with Crippen LogP contribution in [0.3, 0.4) is 0 Å². The summed E-state index contributed by atoms with van der Waals surface area (Å²) in [4.78, 5) is 43.7. The first-order chi connectivity index (χ1) is 17.7. The van der Waals surface area contributed by atoms with Crippen molar-refractivity contribution in [2.45, 2.75) is 32.6 Å². The van der Waals surface area contributed by atoms with Crippen molar-refractivity contribution in [2.24, 2.45) is 18.4 Å². The van der Waals surface area contributed by atoms with Crippen molar-refractivity contribution in [3.63, 3.8) is 0 Å². The summed E-state index contributed by atoms with van der Waals surface area (Å²) in [6.45, 7) is 2.21. The standard InChI is InChI=1S/C28H26FN5O3/c1-17-9-23(34-8-7-28(16-30,27(34)37)21-4-5-21)14-24(31-17)32-25(35)12-18-10-20(13-22(29)11-18)19-3-6-26(36)33(2)15-19/h3,6,9-11,13-15,21H,4-5,7-8,12H2,1-2H3,(H,31,32,35)/t28-/m1/s1. The van der Waals surface area contributed by atoms with Gasteiger partial charge >= 0.3 is 0 Å². The van der Waals surface area contributed by atoms with Gasteiger partial charge in [-0.25, -0.2) is 9.37 Å². The number of carbonyl (C=O) groups excluding carboxylic acids is 2. The fraction of sp³-hybridized carbons (Fsp3) is 0.321. The van der Waals surface area contributed by atoms with Gasteiger partial charge in [-0.2, -0.15) is 5.26 Å². The number of hydrogen-bond acceptors (Lipinski definition) is 5. The molecule has 0 bridgehead atoms. The number of hydrogen-bond donors (Lipinski definition) is 1. The Labute approximate surface area is 213 Å². The summed E-state index contributed by atoms with van der Waals surface area (Å²) < 4.78 is 15.8. The first kappa shape index (κ1) is 24.4. The van der Waals surface area contributed by atoms with Gasteiger partial charge in [0.2, 0.25) is 17.4 Å². The Morgan fingerprint density at radius 1 is 1.19 bits per heavy atom. The largest absolute Gasteiger partial charge is 0.318 e. The van der Waals surface area contributed by atoms with Crippen molar-refractivity contribution < 1.29 is 14.0 Å². The summed E-state index contributed by atoms with van der Waals surface area (Å²) >= 11 is 0. The molecular weight excluding hydrogens is 473 g/mol. The molecule has 5 rings (SSSR count). The van der Waals surface area contributed by atoms with E-state index in [0.29, 0.717) is 41.0 Å². The lowest BCUT2D eigenvalue weighted by molar-refractivity contribution is -0.123. The molecule has 37 heavy (non-hydrogen) atoms. The molecule has 188 valence electrons. The number of aryl methyl sites for hydroxylation is 2. The first-order valence-corrected chi connectivity index (χ1v) is 12.2. The smallest absolute Gasteiger partial charge is 0.250 e. The monoisotopic (exact) mass is 499 g/mol. The van der Waals surface area contributed by atoms with Gasteiger partial charge in [0.05, 0.1) is 12.5 Å². The second kappa shape index (κ2) is 9.28. The molecule has 1 saturated carbocycles. The average molecular weight is 500 g/mol. The molecule has 1 atom stereocenters. The van der Waals surface area contributed by atoms with E-state index >= 15 is 0 Å². The van der Waals surface area contributed by atoms with Gasteiger partial charge in [0.1, 0.15) is 17.1 Å². The minimum absolute atomic E-state index is 0.0939. The van der Waals surface area contributed by atoms with Gasteiger partial charge in [-0.1, -0.05) is 6.07 Å². The number of nitrogens with one attached hydrogen (secondary N) is 1. The van der Waals surface area contributed by atoms with E-state index in [9.17, 15) is 24.0 Å². The Hall–Kier alpha value is -4.32. The van der Waals surface area contributed by atoms with E-state index in [1.165, 1.54) is 22.8 Å². The van der Waals surface area contributed by atoms with Crippen LogP contribution in [0.4, 0.5) is 15.9 Å². The zero-order valence-corrected chi connectivity index (χ0v) is 20.6. The number of anilines is 2. The Bertz CT molecular complexity index is 1520. The van der Waals surface area contributed by atoms with E-state index < -0.39 is 17.1 Å². The van der Waals surface area contributed by atoms with E-state index in [2.05, 4.69) is 16.4 Å². The molecular formula is C28H26FN5O3. The highest BCUT2D eigenvalue weighted by Crippen LogP contribution is 2.52. The Morgan fingerprint density at radius 3 is 2.68 bits per heavy atom. The molecule has 0 radical (unpaired) electrons. The highest BCUT2D eigenvalue weighted by atomic mass is 19.1. The van der Waals surface area contributed by atoms with Crippen LogP contribution >= 0.6 is 0 Å². The van der Waals surface area contributed by atoms with E-state index in [1.54, 1.807) is 49.3 Å². The fourth-order valence-electron chi connectivity index (χ4n) is 5.06. The van der Waals surface area contributed by atoms with Gasteiger partial charge in [0.25, 0.3) is 0 Å². The molecule has 1 N–H and O–H groups in total. The van der Waals surface area contributed by atoms with Crippen LogP contribution < -0.4 is 15.8 Å². The lowest BCUT2D eigenvalue weighted by Gasteiger charge is -2.21. The van der Waals surface area contributed by atoms with Gasteiger partial charge < -0.3 is 14.8 Å². The van der Waals surface area contributed by atoms with Crippen molar-refractivity contribution in [1.82, 2.24) is 9.55 Å². The van der Waals surface area contributed by atoms with Gasteiger partial charge in [-0.05, 0) is 73.1 Å². The highest BCUT2D eigenvalue weighted by molar-refractivity contribution is 6.02. The SMILES string of the molecule is Cc1cc(N2CC[C@@](C#N)(C3CC3)C2=O)cc(NC(=O)Cc2cc(F)cc(-c3ccc(=O)n(C)c3)c2)n1. The van der Waals surface area contributed by atoms with Gasteiger partial charge in [-0.15, -0.1) is 0 Å². The maximum atomic E-state index is 14.4. The third-order valence-corrected chi connectivity index (χ3v) is 7.09. The number of nitriles is 1. The van der Waals surface area contributed by atoms with Gasteiger partial charge in [-0.3, -0.25) is 14.4 Å². The number of halogens is 1. The summed E-state index contributed by atoms with van der Waals surface area (Å²) in [7, 11) is 1.62. The number of rotatable bonds is 6. The number of aromatic nitrogens is 2. The van der Waals surface area contributed by atoms with Crippen LogP contribution in [-0.4, -0.2) is 27.9 Å². The van der Waals surface area contributed by atoms with Crippen LogP contribution in [0.1, 0.15) is 30.5 Å². The van der Waals surface area contributed by atoms with E-state index in [0.717, 1.165) is 12.8 Å². The third kappa shape index (κ3) is 4.75. The molecule has 1 aliphatic carbocycles. The molecule has 0 spiro atoms. The fourth-order valence-corrected chi connectivity index (χ4v) is 5.06. The quantitative estimate of drug-likeness (QED) is 0.556. The molecule has 2 amide bonds. The van der Waals surface area contributed by atoms with Crippen molar-refractivity contribution in [3.8, 4) is 17.2 Å². The number of nitrogens with zero attached hydrogens (tertiary/aromatic N) is 4. The molecule has 2 fully saturated rings. The highest BCUT2D eigenvalue weighted by Gasteiger charge is 2.56. The minimum Gasteiger partial charge on any atom is -0.318 e. The minimum atomic E-state index is -0.958. The van der Waals surface area contributed by atoms with Crippen molar-refractivity contribution >= 4 is 23.3 Å². The molecule has 2 aromatic heterocycles. The van der Waals surface area contributed by atoms with Crippen molar-refractivity contribution in [1.29, 1.82) is 5.26 Å². The lowest BCUT2D eigenvalue weighted by atomic mass is 9.83. The molecule has 1 aromatic carbocycles. The normalized spacial score (nSPS) is 19.1. The van der Waals surface area contributed by atoms with E-state index in [1.807, 2.05) is 0 Å². The number of amides is 2. The molecule has 9 heteroatoms. The predicted molar refractivity (Wildman–Crippen MR) is 136 cm³/mol.